The van der Waals surface area contributed by atoms with Gasteiger partial charge in [-0.15, -0.1) is 0 Å². The highest BCUT2D eigenvalue weighted by molar-refractivity contribution is 5.35. The molecule has 0 saturated carbocycles. The summed E-state index contributed by atoms with van der Waals surface area (Å²) in [6, 6.07) is 17.5. The van der Waals surface area contributed by atoms with Crippen molar-refractivity contribution in [2.24, 2.45) is 0 Å². The molecule has 2 rings (SSSR count). The van der Waals surface area contributed by atoms with E-state index in [1.165, 1.54) is 28.7 Å². The van der Waals surface area contributed by atoms with Gasteiger partial charge in [0, 0.05) is 12.5 Å². The number of rotatable bonds is 7. The van der Waals surface area contributed by atoms with E-state index in [2.05, 4.69) is 74.6 Å². The zero-order valence-corrected chi connectivity index (χ0v) is 13.5. The van der Waals surface area contributed by atoms with E-state index in [0.29, 0.717) is 5.92 Å². The Hall–Kier alpha value is -1.60. The first-order chi connectivity index (χ1) is 10.2. The minimum atomic E-state index is 0.539. The number of hydrogen-bond acceptors (Lipinski definition) is 1. The van der Waals surface area contributed by atoms with Crippen LogP contribution in [0, 0.1) is 13.8 Å². The van der Waals surface area contributed by atoms with E-state index in [1.54, 1.807) is 0 Å². The molecule has 0 aromatic heterocycles. The normalized spacial score (nSPS) is 12.3. The molecule has 1 atom stereocenters. The Morgan fingerprint density at radius 3 is 2.19 bits per heavy atom. The second kappa shape index (κ2) is 7.99. The minimum absolute atomic E-state index is 0.539. The summed E-state index contributed by atoms with van der Waals surface area (Å²) in [5, 5.41) is 3.59. The number of benzene rings is 2. The second-order valence-corrected chi connectivity index (χ2v) is 5.89. The van der Waals surface area contributed by atoms with Crippen molar-refractivity contribution in [3.8, 4) is 0 Å². The molecule has 0 heterocycles. The molecular weight excluding hydrogens is 254 g/mol. The molecule has 0 saturated heterocycles. The molecule has 2 aromatic rings. The van der Waals surface area contributed by atoms with Crippen molar-refractivity contribution in [1.29, 1.82) is 0 Å². The first kappa shape index (κ1) is 15.8. The van der Waals surface area contributed by atoms with Crippen molar-refractivity contribution in [1.82, 2.24) is 5.32 Å². The first-order valence-corrected chi connectivity index (χ1v) is 8.03. The minimum Gasteiger partial charge on any atom is -0.316 e. The van der Waals surface area contributed by atoms with E-state index in [4.69, 9.17) is 0 Å². The summed E-state index contributed by atoms with van der Waals surface area (Å²) in [5.74, 6) is 0.539. The van der Waals surface area contributed by atoms with Crippen molar-refractivity contribution in [2.75, 3.05) is 13.1 Å². The van der Waals surface area contributed by atoms with E-state index in [-0.39, 0.29) is 0 Å². The molecule has 0 aliphatic heterocycles. The van der Waals surface area contributed by atoms with Crippen LogP contribution in [0.25, 0.3) is 0 Å². The zero-order valence-electron chi connectivity index (χ0n) is 13.5. The van der Waals surface area contributed by atoms with E-state index in [9.17, 15) is 0 Å². The van der Waals surface area contributed by atoms with Gasteiger partial charge in [0.1, 0.15) is 0 Å². The maximum Gasteiger partial charge on any atom is 0.00233 e. The third kappa shape index (κ3) is 4.44. The van der Waals surface area contributed by atoms with Gasteiger partial charge in [0.05, 0.1) is 0 Å². The molecule has 0 aliphatic carbocycles. The monoisotopic (exact) mass is 281 g/mol. The van der Waals surface area contributed by atoms with Crippen molar-refractivity contribution >= 4 is 0 Å². The van der Waals surface area contributed by atoms with Crippen LogP contribution in [0.4, 0.5) is 0 Å². The molecule has 1 heteroatoms. The highest BCUT2D eigenvalue weighted by Gasteiger charge is 2.14. The summed E-state index contributed by atoms with van der Waals surface area (Å²) in [5.41, 5.74) is 5.76. The van der Waals surface area contributed by atoms with E-state index in [1.807, 2.05) is 0 Å². The Kier molecular flexibility index (Phi) is 6.01. The molecule has 21 heavy (non-hydrogen) atoms. The highest BCUT2D eigenvalue weighted by Crippen LogP contribution is 2.24. The third-order valence-electron chi connectivity index (χ3n) is 4.18. The lowest BCUT2D eigenvalue weighted by Gasteiger charge is -2.20. The SMILES string of the molecule is CCCNCC(Cc1c(C)cccc1C)c1ccccc1. The number of nitrogens with one attached hydrogen (secondary N) is 1. The maximum absolute atomic E-state index is 3.59. The second-order valence-electron chi connectivity index (χ2n) is 5.89. The molecule has 2 aromatic carbocycles. The van der Waals surface area contributed by atoms with Crippen LogP contribution in [0.5, 0.6) is 0 Å². The predicted octanol–water partition coefficient (Wildman–Crippen LogP) is 4.63. The average molecular weight is 281 g/mol. The zero-order chi connectivity index (χ0) is 15.1. The smallest absolute Gasteiger partial charge is 0.00233 e. The molecule has 0 fully saturated rings. The van der Waals surface area contributed by atoms with Crippen LogP contribution in [0.3, 0.4) is 0 Å². The van der Waals surface area contributed by atoms with Crippen molar-refractivity contribution in [3.05, 3.63) is 70.8 Å². The van der Waals surface area contributed by atoms with Gasteiger partial charge in [-0.3, -0.25) is 0 Å². The average Bonchev–Trinajstić information content (AvgIpc) is 2.50. The van der Waals surface area contributed by atoms with E-state index < -0.39 is 0 Å². The predicted molar refractivity (Wildman–Crippen MR) is 92.0 cm³/mol. The number of hydrogen-bond donors (Lipinski definition) is 1. The highest BCUT2D eigenvalue weighted by atomic mass is 14.8. The Morgan fingerprint density at radius 2 is 1.57 bits per heavy atom. The summed E-state index contributed by atoms with van der Waals surface area (Å²) in [7, 11) is 0. The fourth-order valence-corrected chi connectivity index (χ4v) is 2.90. The van der Waals surface area contributed by atoms with Crippen LogP contribution in [-0.4, -0.2) is 13.1 Å². The summed E-state index contributed by atoms with van der Waals surface area (Å²) in [4.78, 5) is 0. The molecule has 112 valence electrons. The molecular formula is C20H27N. The van der Waals surface area contributed by atoms with Gasteiger partial charge < -0.3 is 5.32 Å². The third-order valence-corrected chi connectivity index (χ3v) is 4.18. The van der Waals surface area contributed by atoms with Gasteiger partial charge in [0.25, 0.3) is 0 Å². The molecule has 0 amide bonds. The topological polar surface area (TPSA) is 12.0 Å². The van der Waals surface area contributed by atoms with Crippen LogP contribution in [0.2, 0.25) is 0 Å². The number of aryl methyl sites for hydroxylation is 2. The Balaban J connectivity index is 2.19. The maximum atomic E-state index is 3.59. The van der Waals surface area contributed by atoms with E-state index in [0.717, 1.165) is 19.5 Å². The molecule has 0 aliphatic rings. The van der Waals surface area contributed by atoms with Crippen LogP contribution < -0.4 is 5.32 Å². The standard InChI is InChI=1S/C20H27N/c1-4-13-21-15-19(18-11-6-5-7-12-18)14-20-16(2)9-8-10-17(20)3/h5-12,19,21H,4,13-15H2,1-3H3. The van der Waals surface area contributed by atoms with Crippen LogP contribution in [0.1, 0.15) is 41.5 Å². The van der Waals surface area contributed by atoms with Gasteiger partial charge in [-0.25, -0.2) is 0 Å². The first-order valence-electron chi connectivity index (χ1n) is 8.03. The fraction of sp³-hybridized carbons (Fsp3) is 0.400. The Labute approximate surface area is 129 Å². The van der Waals surface area contributed by atoms with Crippen LogP contribution in [-0.2, 0) is 6.42 Å². The van der Waals surface area contributed by atoms with Crippen LogP contribution >= 0.6 is 0 Å². The van der Waals surface area contributed by atoms with Crippen molar-refractivity contribution in [2.45, 2.75) is 39.5 Å². The summed E-state index contributed by atoms with van der Waals surface area (Å²) >= 11 is 0. The molecule has 1 N–H and O–H groups in total. The molecule has 0 bridgehead atoms. The van der Waals surface area contributed by atoms with Gasteiger partial charge in [0.15, 0.2) is 0 Å². The quantitative estimate of drug-likeness (QED) is 0.730. The summed E-state index contributed by atoms with van der Waals surface area (Å²) < 4.78 is 0. The lowest BCUT2D eigenvalue weighted by atomic mass is 9.88. The van der Waals surface area contributed by atoms with Gasteiger partial charge in [0.2, 0.25) is 0 Å². The van der Waals surface area contributed by atoms with Crippen LogP contribution in [0.15, 0.2) is 48.5 Å². The summed E-state index contributed by atoms with van der Waals surface area (Å²) in [6.07, 6.45) is 2.30. The lowest BCUT2D eigenvalue weighted by molar-refractivity contribution is 0.575. The largest absolute Gasteiger partial charge is 0.316 e. The van der Waals surface area contributed by atoms with Gasteiger partial charge >= 0.3 is 0 Å². The van der Waals surface area contributed by atoms with Gasteiger partial charge in [-0.1, -0.05) is 55.5 Å². The molecule has 1 unspecified atom stereocenters. The molecule has 0 spiro atoms. The Morgan fingerprint density at radius 1 is 0.905 bits per heavy atom. The fourth-order valence-electron chi connectivity index (χ4n) is 2.90. The molecule has 0 radical (unpaired) electrons. The lowest BCUT2D eigenvalue weighted by Crippen LogP contribution is -2.24. The Bertz CT molecular complexity index is 525. The molecule has 1 nitrogen and oxygen atoms in total. The van der Waals surface area contributed by atoms with Gasteiger partial charge in [-0.05, 0) is 55.5 Å². The summed E-state index contributed by atoms with van der Waals surface area (Å²) in [6.45, 7) is 8.81. The van der Waals surface area contributed by atoms with Crippen molar-refractivity contribution in [3.63, 3.8) is 0 Å². The van der Waals surface area contributed by atoms with Gasteiger partial charge in [-0.2, -0.15) is 0 Å². The van der Waals surface area contributed by atoms with E-state index >= 15 is 0 Å². The van der Waals surface area contributed by atoms with Crippen molar-refractivity contribution < 1.29 is 0 Å².